The molecule has 1 N–H and O–H groups in total. The van der Waals surface area contributed by atoms with Crippen molar-refractivity contribution in [2.75, 3.05) is 13.6 Å². The standard InChI is InChI=1S/C6H10F6N2/c1-4(6(10,11)12)14(13-2)3-5(7,8)9/h4,13H,3H2,1-2H3. The predicted octanol–water partition coefficient (Wildman–Crippen LogP) is 1.94. The molecule has 0 heterocycles. The second kappa shape index (κ2) is 4.35. The second-order valence-corrected chi connectivity index (χ2v) is 2.68. The van der Waals surface area contributed by atoms with E-state index in [-0.39, 0.29) is 5.01 Å². The molecular weight excluding hydrogens is 214 g/mol. The SMILES string of the molecule is CNN(CC(F)(F)F)C(C)C(F)(F)F. The smallest absolute Gasteiger partial charge is 0.257 e. The molecule has 0 bridgehead atoms. The van der Waals surface area contributed by atoms with E-state index >= 15 is 0 Å². The van der Waals surface area contributed by atoms with Gasteiger partial charge in [0, 0.05) is 0 Å². The van der Waals surface area contributed by atoms with Crippen LogP contribution in [0.1, 0.15) is 6.92 Å². The average molecular weight is 224 g/mol. The van der Waals surface area contributed by atoms with Crippen LogP contribution in [0.4, 0.5) is 26.3 Å². The van der Waals surface area contributed by atoms with Crippen LogP contribution in [0.5, 0.6) is 0 Å². The molecule has 86 valence electrons. The molecule has 0 fully saturated rings. The van der Waals surface area contributed by atoms with Crippen molar-refractivity contribution in [1.29, 1.82) is 0 Å². The van der Waals surface area contributed by atoms with Crippen LogP contribution in [0.15, 0.2) is 0 Å². The zero-order chi connectivity index (χ0) is 11.6. The first-order valence-electron chi connectivity index (χ1n) is 3.65. The maximum atomic E-state index is 12.0. The van der Waals surface area contributed by atoms with Gasteiger partial charge in [0.2, 0.25) is 0 Å². The number of hydrogen-bond donors (Lipinski definition) is 1. The van der Waals surface area contributed by atoms with Crippen molar-refractivity contribution in [2.24, 2.45) is 0 Å². The van der Waals surface area contributed by atoms with Gasteiger partial charge < -0.3 is 0 Å². The van der Waals surface area contributed by atoms with Crippen LogP contribution in [0.3, 0.4) is 0 Å². The molecule has 2 nitrogen and oxygen atoms in total. The molecule has 0 aromatic heterocycles. The molecular formula is C6H10F6N2. The Bertz CT molecular complexity index is 174. The zero-order valence-electron chi connectivity index (χ0n) is 7.50. The lowest BCUT2D eigenvalue weighted by atomic mass is 10.3. The van der Waals surface area contributed by atoms with E-state index in [4.69, 9.17) is 0 Å². The minimum atomic E-state index is -4.69. The molecule has 0 saturated heterocycles. The van der Waals surface area contributed by atoms with Gasteiger partial charge in [-0.3, -0.25) is 5.43 Å². The van der Waals surface area contributed by atoms with Gasteiger partial charge in [-0.1, -0.05) is 0 Å². The fourth-order valence-electron chi connectivity index (χ4n) is 0.779. The summed E-state index contributed by atoms with van der Waals surface area (Å²) in [5.74, 6) is 0. The maximum absolute atomic E-state index is 12.0. The van der Waals surface area contributed by atoms with Crippen LogP contribution < -0.4 is 5.43 Å². The molecule has 0 amide bonds. The van der Waals surface area contributed by atoms with Gasteiger partial charge in [-0.15, -0.1) is 0 Å². The highest BCUT2D eigenvalue weighted by Crippen LogP contribution is 2.26. The highest BCUT2D eigenvalue weighted by Gasteiger charge is 2.43. The third-order valence-electron chi connectivity index (χ3n) is 1.58. The lowest BCUT2D eigenvalue weighted by Gasteiger charge is -2.30. The van der Waals surface area contributed by atoms with Crippen LogP contribution >= 0.6 is 0 Å². The van der Waals surface area contributed by atoms with Crippen LogP contribution in [0.25, 0.3) is 0 Å². The van der Waals surface area contributed by atoms with Gasteiger partial charge in [0.05, 0.1) is 0 Å². The molecule has 0 aromatic carbocycles. The van der Waals surface area contributed by atoms with E-state index in [1.54, 1.807) is 0 Å². The third kappa shape index (κ3) is 4.66. The minimum absolute atomic E-state index is 0.0833. The molecule has 0 aromatic rings. The molecule has 0 aliphatic carbocycles. The summed E-state index contributed by atoms with van der Waals surface area (Å²) in [5, 5.41) is 0.0833. The number of nitrogens with one attached hydrogen (secondary N) is 1. The summed E-state index contributed by atoms with van der Waals surface area (Å²) in [6.45, 7) is -0.994. The first-order chi connectivity index (χ1) is 6.08. The lowest BCUT2D eigenvalue weighted by Crippen LogP contribution is -2.53. The van der Waals surface area contributed by atoms with E-state index in [1.165, 1.54) is 0 Å². The predicted molar refractivity (Wildman–Crippen MR) is 37.3 cm³/mol. The Kier molecular flexibility index (Phi) is 4.19. The fraction of sp³-hybridized carbons (Fsp3) is 1.00. The second-order valence-electron chi connectivity index (χ2n) is 2.68. The molecule has 0 radical (unpaired) electrons. The summed E-state index contributed by atoms with van der Waals surface area (Å²) in [4.78, 5) is 0. The number of hydrazine groups is 1. The minimum Gasteiger partial charge on any atom is -0.257 e. The Morgan fingerprint density at radius 3 is 1.79 bits per heavy atom. The Morgan fingerprint density at radius 2 is 1.57 bits per heavy atom. The molecule has 0 rings (SSSR count). The van der Waals surface area contributed by atoms with Crippen LogP contribution in [0.2, 0.25) is 0 Å². The molecule has 1 atom stereocenters. The first kappa shape index (κ1) is 13.5. The highest BCUT2D eigenvalue weighted by molar-refractivity contribution is 4.73. The van der Waals surface area contributed by atoms with Gasteiger partial charge in [0.25, 0.3) is 0 Å². The summed E-state index contributed by atoms with van der Waals surface area (Å²) >= 11 is 0. The Balaban J connectivity index is 4.42. The van der Waals surface area contributed by atoms with Crippen LogP contribution in [-0.2, 0) is 0 Å². The third-order valence-corrected chi connectivity index (χ3v) is 1.58. The normalized spacial score (nSPS) is 16.1. The van der Waals surface area contributed by atoms with E-state index in [9.17, 15) is 26.3 Å². The van der Waals surface area contributed by atoms with Crippen molar-refractivity contribution < 1.29 is 26.3 Å². The Labute approximate surface area is 76.8 Å². The van der Waals surface area contributed by atoms with Crippen molar-refractivity contribution in [3.05, 3.63) is 0 Å². The number of halogens is 6. The van der Waals surface area contributed by atoms with E-state index < -0.39 is 24.9 Å². The summed E-state index contributed by atoms with van der Waals surface area (Å²) in [6.07, 6.45) is -9.35. The number of alkyl halides is 6. The molecule has 0 saturated carbocycles. The van der Waals surface area contributed by atoms with E-state index in [1.807, 2.05) is 5.43 Å². The van der Waals surface area contributed by atoms with Gasteiger partial charge in [-0.05, 0) is 14.0 Å². The van der Waals surface area contributed by atoms with Crippen LogP contribution in [-0.4, -0.2) is 37.0 Å². The maximum Gasteiger partial charge on any atom is 0.405 e. The van der Waals surface area contributed by atoms with E-state index in [2.05, 4.69) is 0 Å². The molecule has 14 heavy (non-hydrogen) atoms. The average Bonchev–Trinajstić information content (AvgIpc) is 1.95. The van der Waals surface area contributed by atoms with E-state index in [0.29, 0.717) is 6.92 Å². The highest BCUT2D eigenvalue weighted by atomic mass is 19.4. The van der Waals surface area contributed by atoms with Crippen molar-refractivity contribution >= 4 is 0 Å². The molecule has 8 heteroatoms. The molecule has 1 unspecified atom stereocenters. The number of nitrogens with zero attached hydrogens (tertiary/aromatic N) is 1. The number of rotatable bonds is 3. The fourth-order valence-corrected chi connectivity index (χ4v) is 0.779. The van der Waals surface area contributed by atoms with Crippen LogP contribution in [0, 0.1) is 0 Å². The zero-order valence-corrected chi connectivity index (χ0v) is 7.50. The monoisotopic (exact) mass is 224 g/mol. The topological polar surface area (TPSA) is 15.3 Å². The molecule has 0 spiro atoms. The summed E-state index contributed by atoms with van der Waals surface area (Å²) in [6, 6.07) is -2.19. The van der Waals surface area contributed by atoms with Gasteiger partial charge in [0.1, 0.15) is 12.6 Å². The largest absolute Gasteiger partial charge is 0.405 e. The van der Waals surface area contributed by atoms with Gasteiger partial charge in [0.15, 0.2) is 0 Å². The van der Waals surface area contributed by atoms with Crippen molar-refractivity contribution in [1.82, 2.24) is 10.4 Å². The lowest BCUT2D eigenvalue weighted by molar-refractivity contribution is -0.214. The van der Waals surface area contributed by atoms with Gasteiger partial charge >= 0.3 is 12.4 Å². The van der Waals surface area contributed by atoms with Gasteiger partial charge in [-0.2, -0.15) is 26.3 Å². The molecule has 0 aliphatic heterocycles. The summed E-state index contributed by atoms with van der Waals surface area (Å²) < 4.78 is 71.4. The summed E-state index contributed by atoms with van der Waals surface area (Å²) in [7, 11) is 1.01. The van der Waals surface area contributed by atoms with E-state index in [0.717, 1.165) is 7.05 Å². The van der Waals surface area contributed by atoms with Crippen molar-refractivity contribution in [2.45, 2.75) is 25.3 Å². The quantitative estimate of drug-likeness (QED) is 0.582. The van der Waals surface area contributed by atoms with Crippen molar-refractivity contribution in [3.63, 3.8) is 0 Å². The summed E-state index contributed by atoms with van der Waals surface area (Å²) in [5.41, 5.74) is 1.86. The van der Waals surface area contributed by atoms with Crippen molar-refractivity contribution in [3.8, 4) is 0 Å². The number of hydrogen-bond acceptors (Lipinski definition) is 2. The van der Waals surface area contributed by atoms with Gasteiger partial charge in [-0.25, -0.2) is 5.01 Å². The Hall–Kier alpha value is -0.500. The Morgan fingerprint density at radius 1 is 1.14 bits per heavy atom. The first-order valence-corrected chi connectivity index (χ1v) is 3.65. The molecule has 0 aliphatic rings.